The predicted molar refractivity (Wildman–Crippen MR) is 98.6 cm³/mol. The van der Waals surface area contributed by atoms with Crippen molar-refractivity contribution in [1.29, 1.82) is 0 Å². The molecule has 1 aliphatic rings. The van der Waals surface area contributed by atoms with Gasteiger partial charge in [0.1, 0.15) is 0 Å². The topological polar surface area (TPSA) is 46.2 Å². The quantitative estimate of drug-likeness (QED) is 0.760. The minimum Gasteiger partial charge on any atom is -0.280 e. The Morgan fingerprint density at radius 3 is 2.50 bits per heavy atom. The number of sulfonamides is 1. The first kappa shape index (κ1) is 15.0. The van der Waals surface area contributed by atoms with E-state index in [1.54, 1.807) is 12.1 Å². The van der Waals surface area contributed by atoms with E-state index in [-0.39, 0.29) is 4.90 Å². The van der Waals surface area contributed by atoms with E-state index in [0.717, 1.165) is 34.8 Å². The molecule has 3 aromatic rings. The van der Waals surface area contributed by atoms with Gasteiger partial charge in [-0.1, -0.05) is 43.0 Å². The Hall–Kier alpha value is -2.59. The SMILES string of the molecule is C=C1CCc2ccc(NS(=O)(=O)c3ccc4ccccc4c3)cc21. The van der Waals surface area contributed by atoms with Crippen LogP contribution in [-0.2, 0) is 16.4 Å². The van der Waals surface area contributed by atoms with Crippen LogP contribution >= 0.6 is 0 Å². The van der Waals surface area contributed by atoms with Gasteiger partial charge in [-0.05, 0) is 64.6 Å². The first-order valence-electron chi connectivity index (χ1n) is 7.86. The van der Waals surface area contributed by atoms with Crippen LogP contribution in [0.4, 0.5) is 5.69 Å². The van der Waals surface area contributed by atoms with Crippen LogP contribution in [0.5, 0.6) is 0 Å². The molecule has 0 aromatic heterocycles. The lowest BCUT2D eigenvalue weighted by Crippen LogP contribution is -2.13. The molecule has 0 saturated carbocycles. The maximum absolute atomic E-state index is 12.7. The molecule has 0 atom stereocenters. The van der Waals surface area contributed by atoms with Gasteiger partial charge in [-0.15, -0.1) is 0 Å². The van der Waals surface area contributed by atoms with Gasteiger partial charge in [0.05, 0.1) is 4.90 Å². The molecule has 0 heterocycles. The third-order valence-electron chi connectivity index (χ3n) is 4.47. The molecule has 4 heteroatoms. The summed E-state index contributed by atoms with van der Waals surface area (Å²) in [7, 11) is -3.62. The van der Waals surface area contributed by atoms with E-state index in [4.69, 9.17) is 0 Å². The van der Waals surface area contributed by atoms with Crippen molar-refractivity contribution >= 4 is 32.1 Å². The molecule has 0 bridgehead atoms. The third kappa shape index (κ3) is 2.59. The number of hydrogen-bond donors (Lipinski definition) is 1. The molecule has 0 amide bonds. The summed E-state index contributed by atoms with van der Waals surface area (Å²) >= 11 is 0. The largest absolute Gasteiger partial charge is 0.280 e. The average Bonchev–Trinajstić information content (AvgIpc) is 2.95. The molecule has 4 rings (SSSR count). The summed E-state index contributed by atoms with van der Waals surface area (Å²) in [5, 5.41) is 1.92. The molecular formula is C20H17NO2S. The standard InChI is InChI=1S/C20H17NO2S/c1-14-6-7-16-8-10-18(13-20(14)16)21-24(22,23)19-11-9-15-4-2-3-5-17(15)12-19/h2-5,8-13,21H,1,6-7H2. The normalized spacial score (nSPS) is 13.9. The smallest absolute Gasteiger partial charge is 0.261 e. The summed E-state index contributed by atoms with van der Waals surface area (Å²) in [4.78, 5) is 0.264. The van der Waals surface area contributed by atoms with Crippen LogP contribution in [0.25, 0.3) is 16.3 Å². The number of benzene rings is 3. The predicted octanol–water partition coefficient (Wildman–Crippen LogP) is 4.60. The van der Waals surface area contributed by atoms with Crippen molar-refractivity contribution in [2.24, 2.45) is 0 Å². The highest BCUT2D eigenvalue weighted by atomic mass is 32.2. The number of nitrogens with one attached hydrogen (secondary N) is 1. The van der Waals surface area contributed by atoms with Crippen LogP contribution in [0.3, 0.4) is 0 Å². The van der Waals surface area contributed by atoms with E-state index < -0.39 is 10.0 Å². The lowest BCUT2D eigenvalue weighted by atomic mass is 10.1. The maximum atomic E-state index is 12.7. The van der Waals surface area contributed by atoms with Gasteiger partial charge in [0.15, 0.2) is 0 Å². The molecule has 3 aromatic carbocycles. The Morgan fingerprint density at radius 1 is 0.875 bits per heavy atom. The zero-order valence-corrected chi connectivity index (χ0v) is 13.9. The molecule has 120 valence electrons. The second-order valence-corrected chi connectivity index (χ2v) is 7.77. The Morgan fingerprint density at radius 2 is 1.67 bits per heavy atom. The number of hydrogen-bond acceptors (Lipinski definition) is 2. The van der Waals surface area contributed by atoms with E-state index in [1.807, 2.05) is 48.5 Å². The van der Waals surface area contributed by atoms with E-state index >= 15 is 0 Å². The monoisotopic (exact) mass is 335 g/mol. The first-order valence-corrected chi connectivity index (χ1v) is 9.34. The molecule has 0 radical (unpaired) electrons. The first-order chi connectivity index (χ1) is 11.5. The summed E-state index contributed by atoms with van der Waals surface area (Å²) in [5.41, 5.74) is 3.93. The summed E-state index contributed by atoms with van der Waals surface area (Å²) in [6, 6.07) is 18.5. The third-order valence-corrected chi connectivity index (χ3v) is 5.85. The second kappa shape index (κ2) is 5.49. The van der Waals surface area contributed by atoms with Gasteiger partial charge in [0.25, 0.3) is 10.0 Å². The zero-order chi connectivity index (χ0) is 16.7. The number of aryl methyl sites for hydroxylation is 1. The van der Waals surface area contributed by atoms with Crippen LogP contribution in [0.1, 0.15) is 17.5 Å². The van der Waals surface area contributed by atoms with Gasteiger partial charge in [-0.3, -0.25) is 4.72 Å². The molecule has 3 nitrogen and oxygen atoms in total. The number of anilines is 1. The molecule has 0 fully saturated rings. The minimum atomic E-state index is -3.62. The lowest BCUT2D eigenvalue weighted by Gasteiger charge is -2.11. The highest BCUT2D eigenvalue weighted by molar-refractivity contribution is 7.92. The average molecular weight is 335 g/mol. The van der Waals surface area contributed by atoms with Gasteiger partial charge in [0, 0.05) is 5.69 Å². The molecule has 0 unspecified atom stereocenters. The number of allylic oxidation sites excluding steroid dienone is 1. The molecule has 0 saturated heterocycles. The van der Waals surface area contributed by atoms with E-state index in [0.29, 0.717) is 5.69 Å². The van der Waals surface area contributed by atoms with Crippen LogP contribution in [0.2, 0.25) is 0 Å². The Bertz CT molecular complexity index is 1070. The van der Waals surface area contributed by atoms with Gasteiger partial charge in [-0.25, -0.2) is 8.42 Å². The highest BCUT2D eigenvalue weighted by Gasteiger charge is 2.18. The summed E-state index contributed by atoms with van der Waals surface area (Å²) in [5.74, 6) is 0. The Kier molecular flexibility index (Phi) is 3.43. The fraction of sp³-hybridized carbons (Fsp3) is 0.100. The Labute approximate surface area is 141 Å². The van der Waals surface area contributed by atoms with Crippen molar-refractivity contribution in [3.8, 4) is 0 Å². The number of fused-ring (bicyclic) bond motifs is 2. The number of rotatable bonds is 3. The molecule has 1 N–H and O–H groups in total. The van der Waals surface area contributed by atoms with Crippen LogP contribution < -0.4 is 4.72 Å². The van der Waals surface area contributed by atoms with Crippen LogP contribution in [-0.4, -0.2) is 8.42 Å². The van der Waals surface area contributed by atoms with Crippen molar-refractivity contribution in [3.05, 3.63) is 78.4 Å². The second-order valence-electron chi connectivity index (χ2n) is 6.09. The summed E-state index contributed by atoms with van der Waals surface area (Å²) in [6.45, 7) is 4.05. The van der Waals surface area contributed by atoms with Gasteiger partial charge >= 0.3 is 0 Å². The van der Waals surface area contributed by atoms with E-state index in [9.17, 15) is 8.42 Å². The van der Waals surface area contributed by atoms with Crippen molar-refractivity contribution in [2.45, 2.75) is 17.7 Å². The van der Waals surface area contributed by atoms with Crippen LogP contribution in [0, 0.1) is 0 Å². The van der Waals surface area contributed by atoms with E-state index in [2.05, 4.69) is 11.3 Å². The van der Waals surface area contributed by atoms with Crippen molar-refractivity contribution in [2.75, 3.05) is 4.72 Å². The highest BCUT2D eigenvalue weighted by Crippen LogP contribution is 2.33. The molecule has 0 spiro atoms. The maximum Gasteiger partial charge on any atom is 0.261 e. The zero-order valence-electron chi connectivity index (χ0n) is 13.1. The minimum absolute atomic E-state index is 0.264. The van der Waals surface area contributed by atoms with Crippen LogP contribution in [0.15, 0.2) is 72.1 Å². The fourth-order valence-corrected chi connectivity index (χ4v) is 4.24. The molecular weight excluding hydrogens is 318 g/mol. The fourth-order valence-electron chi connectivity index (χ4n) is 3.16. The van der Waals surface area contributed by atoms with Gasteiger partial charge < -0.3 is 0 Å². The van der Waals surface area contributed by atoms with Gasteiger partial charge in [-0.2, -0.15) is 0 Å². The molecule has 1 aliphatic carbocycles. The summed E-state index contributed by atoms with van der Waals surface area (Å²) < 4.78 is 28.1. The Balaban J connectivity index is 1.70. The summed E-state index contributed by atoms with van der Waals surface area (Å²) in [6.07, 6.45) is 1.92. The molecule has 0 aliphatic heterocycles. The van der Waals surface area contributed by atoms with Crippen molar-refractivity contribution < 1.29 is 8.42 Å². The van der Waals surface area contributed by atoms with Crippen molar-refractivity contribution in [3.63, 3.8) is 0 Å². The van der Waals surface area contributed by atoms with Crippen molar-refractivity contribution in [1.82, 2.24) is 0 Å². The lowest BCUT2D eigenvalue weighted by molar-refractivity contribution is 0.601. The van der Waals surface area contributed by atoms with E-state index in [1.165, 1.54) is 5.56 Å². The van der Waals surface area contributed by atoms with Gasteiger partial charge in [0.2, 0.25) is 0 Å². The molecule has 24 heavy (non-hydrogen) atoms.